The van der Waals surface area contributed by atoms with Crippen LogP contribution in [0.5, 0.6) is 0 Å². The number of likely N-dealkylation sites (tertiary alicyclic amines) is 1. The molecule has 0 aromatic rings. The zero-order valence-electron chi connectivity index (χ0n) is 12.1. The Hall–Kier alpha value is -0.280. The van der Waals surface area contributed by atoms with Crippen molar-refractivity contribution in [3.8, 4) is 0 Å². The van der Waals surface area contributed by atoms with Crippen LogP contribution in [-0.2, 0) is 4.79 Å². The first kappa shape index (κ1) is 16.8. The van der Waals surface area contributed by atoms with Crippen molar-refractivity contribution in [2.24, 2.45) is 17.6 Å². The fourth-order valence-electron chi connectivity index (χ4n) is 3.56. The van der Waals surface area contributed by atoms with Crippen molar-refractivity contribution >= 4 is 18.3 Å². The van der Waals surface area contributed by atoms with Crippen LogP contribution < -0.4 is 5.73 Å². The number of carbonyl (C=O) groups is 1. The van der Waals surface area contributed by atoms with Gasteiger partial charge < -0.3 is 10.6 Å². The van der Waals surface area contributed by atoms with Gasteiger partial charge in [0.15, 0.2) is 0 Å². The summed E-state index contributed by atoms with van der Waals surface area (Å²) in [5.41, 5.74) is 5.83. The molecular weight excluding hydrogens is 260 g/mol. The maximum atomic E-state index is 12.4. The Kier molecular flexibility index (Phi) is 7.16. The van der Waals surface area contributed by atoms with E-state index >= 15 is 0 Å². The minimum absolute atomic E-state index is 0. The number of nitrogens with two attached hydrogens (primary N) is 1. The molecule has 1 saturated heterocycles. The van der Waals surface area contributed by atoms with Crippen LogP contribution in [0.1, 0.15) is 58.3 Å². The summed E-state index contributed by atoms with van der Waals surface area (Å²) in [6.45, 7) is 3.82. The number of hydrogen-bond acceptors (Lipinski definition) is 2. The van der Waals surface area contributed by atoms with Crippen LogP contribution in [0.4, 0.5) is 0 Å². The molecule has 0 aromatic carbocycles. The van der Waals surface area contributed by atoms with E-state index in [1.54, 1.807) is 0 Å². The molecule has 1 aliphatic heterocycles. The summed E-state index contributed by atoms with van der Waals surface area (Å²) in [4.78, 5) is 14.5. The second-order valence-electron chi connectivity index (χ2n) is 6.31. The molecule has 0 radical (unpaired) electrons. The first-order valence-electron chi connectivity index (χ1n) is 7.70. The van der Waals surface area contributed by atoms with E-state index in [2.05, 4.69) is 11.8 Å². The Morgan fingerprint density at radius 3 is 2.53 bits per heavy atom. The molecule has 0 bridgehead atoms. The topological polar surface area (TPSA) is 46.3 Å². The Morgan fingerprint density at radius 2 is 1.89 bits per heavy atom. The SMILES string of the molecule is CC1CCN(C(=O)CC2CCCCC2)C(CN)C1.Cl. The van der Waals surface area contributed by atoms with Gasteiger partial charge in [0.05, 0.1) is 0 Å². The Labute approximate surface area is 123 Å². The van der Waals surface area contributed by atoms with Crippen LogP contribution in [0, 0.1) is 11.8 Å². The van der Waals surface area contributed by atoms with Gasteiger partial charge in [-0.15, -0.1) is 12.4 Å². The minimum Gasteiger partial charge on any atom is -0.338 e. The Bertz CT molecular complexity index is 279. The summed E-state index contributed by atoms with van der Waals surface area (Å²) in [7, 11) is 0. The highest BCUT2D eigenvalue weighted by molar-refractivity contribution is 5.85. The molecule has 19 heavy (non-hydrogen) atoms. The molecule has 2 aliphatic rings. The predicted molar refractivity (Wildman–Crippen MR) is 81.4 cm³/mol. The fraction of sp³-hybridized carbons (Fsp3) is 0.933. The number of hydrogen-bond donors (Lipinski definition) is 1. The maximum Gasteiger partial charge on any atom is 0.223 e. The van der Waals surface area contributed by atoms with E-state index in [0.29, 0.717) is 24.4 Å². The van der Waals surface area contributed by atoms with E-state index in [-0.39, 0.29) is 12.4 Å². The van der Waals surface area contributed by atoms with Crippen LogP contribution in [-0.4, -0.2) is 29.9 Å². The lowest BCUT2D eigenvalue weighted by Crippen LogP contribution is -2.49. The molecule has 0 spiro atoms. The number of halogens is 1. The number of piperidine rings is 1. The molecule has 0 aromatic heterocycles. The van der Waals surface area contributed by atoms with Crippen molar-refractivity contribution in [1.29, 1.82) is 0 Å². The largest absolute Gasteiger partial charge is 0.338 e. The van der Waals surface area contributed by atoms with Crippen molar-refractivity contribution in [1.82, 2.24) is 4.90 Å². The quantitative estimate of drug-likeness (QED) is 0.868. The van der Waals surface area contributed by atoms with Crippen molar-refractivity contribution in [3.63, 3.8) is 0 Å². The number of carbonyl (C=O) groups excluding carboxylic acids is 1. The molecule has 1 saturated carbocycles. The average Bonchev–Trinajstić information content (AvgIpc) is 2.39. The van der Waals surface area contributed by atoms with Gasteiger partial charge in [-0.1, -0.05) is 26.2 Å². The van der Waals surface area contributed by atoms with E-state index in [1.165, 1.54) is 32.1 Å². The molecule has 2 rings (SSSR count). The molecule has 2 N–H and O–H groups in total. The van der Waals surface area contributed by atoms with Gasteiger partial charge in [-0.05, 0) is 37.5 Å². The molecule has 4 heteroatoms. The second-order valence-corrected chi connectivity index (χ2v) is 6.31. The average molecular weight is 289 g/mol. The third-order valence-corrected chi connectivity index (χ3v) is 4.76. The van der Waals surface area contributed by atoms with E-state index in [1.807, 2.05) is 0 Å². The number of amides is 1. The van der Waals surface area contributed by atoms with Crippen LogP contribution in [0.15, 0.2) is 0 Å². The summed E-state index contributed by atoms with van der Waals surface area (Å²) in [6, 6.07) is 0.296. The summed E-state index contributed by atoms with van der Waals surface area (Å²) < 4.78 is 0. The van der Waals surface area contributed by atoms with Crippen molar-refractivity contribution < 1.29 is 4.79 Å². The third-order valence-electron chi connectivity index (χ3n) is 4.76. The summed E-state index contributed by atoms with van der Waals surface area (Å²) in [6.07, 6.45) is 9.50. The highest BCUT2D eigenvalue weighted by Gasteiger charge is 2.30. The van der Waals surface area contributed by atoms with E-state index in [9.17, 15) is 4.79 Å². The van der Waals surface area contributed by atoms with Gasteiger partial charge in [-0.3, -0.25) is 4.79 Å². The van der Waals surface area contributed by atoms with Crippen LogP contribution in [0.3, 0.4) is 0 Å². The molecule has 3 nitrogen and oxygen atoms in total. The van der Waals surface area contributed by atoms with Gasteiger partial charge in [0, 0.05) is 25.6 Å². The van der Waals surface area contributed by atoms with E-state index < -0.39 is 0 Å². The number of nitrogens with zero attached hydrogens (tertiary/aromatic N) is 1. The molecule has 1 amide bonds. The molecule has 112 valence electrons. The minimum atomic E-state index is 0. The highest BCUT2D eigenvalue weighted by atomic mass is 35.5. The van der Waals surface area contributed by atoms with Crippen LogP contribution in [0.25, 0.3) is 0 Å². The lowest BCUT2D eigenvalue weighted by Gasteiger charge is -2.39. The first-order valence-corrected chi connectivity index (χ1v) is 7.70. The molecule has 1 heterocycles. The molecule has 2 unspecified atom stereocenters. The van der Waals surface area contributed by atoms with Crippen LogP contribution >= 0.6 is 12.4 Å². The summed E-state index contributed by atoms with van der Waals surface area (Å²) in [5.74, 6) is 1.73. The molecular formula is C15H29ClN2O. The first-order chi connectivity index (χ1) is 8.70. The standard InChI is InChI=1S/C15H28N2O.ClH/c1-12-7-8-17(14(9-12)11-16)15(18)10-13-5-3-2-4-6-13;/h12-14H,2-11,16H2,1H3;1H. The zero-order valence-corrected chi connectivity index (χ0v) is 13.0. The maximum absolute atomic E-state index is 12.4. The van der Waals surface area contributed by atoms with Gasteiger partial charge in [0.2, 0.25) is 5.91 Å². The Morgan fingerprint density at radius 1 is 1.21 bits per heavy atom. The smallest absolute Gasteiger partial charge is 0.223 e. The monoisotopic (exact) mass is 288 g/mol. The van der Waals surface area contributed by atoms with Gasteiger partial charge in [-0.25, -0.2) is 0 Å². The van der Waals surface area contributed by atoms with Gasteiger partial charge in [-0.2, -0.15) is 0 Å². The zero-order chi connectivity index (χ0) is 13.0. The highest BCUT2D eigenvalue weighted by Crippen LogP contribution is 2.29. The molecule has 2 fully saturated rings. The van der Waals surface area contributed by atoms with Gasteiger partial charge in [0.25, 0.3) is 0 Å². The number of rotatable bonds is 3. The van der Waals surface area contributed by atoms with Crippen molar-refractivity contribution in [2.75, 3.05) is 13.1 Å². The summed E-state index contributed by atoms with van der Waals surface area (Å²) in [5, 5.41) is 0. The fourth-order valence-corrected chi connectivity index (χ4v) is 3.56. The van der Waals surface area contributed by atoms with Crippen molar-refractivity contribution in [3.05, 3.63) is 0 Å². The lowest BCUT2D eigenvalue weighted by molar-refractivity contribution is -0.136. The van der Waals surface area contributed by atoms with Crippen molar-refractivity contribution in [2.45, 2.75) is 64.3 Å². The molecule has 1 aliphatic carbocycles. The third kappa shape index (κ3) is 4.64. The van der Waals surface area contributed by atoms with Crippen LogP contribution in [0.2, 0.25) is 0 Å². The molecule has 2 atom stereocenters. The van der Waals surface area contributed by atoms with E-state index in [4.69, 9.17) is 5.73 Å². The van der Waals surface area contributed by atoms with E-state index in [0.717, 1.165) is 31.7 Å². The lowest BCUT2D eigenvalue weighted by atomic mass is 9.85. The second kappa shape index (κ2) is 8.11. The van der Waals surface area contributed by atoms with Gasteiger partial charge >= 0.3 is 0 Å². The predicted octanol–water partition coefficient (Wildman–Crippen LogP) is 2.96. The van der Waals surface area contributed by atoms with Gasteiger partial charge in [0.1, 0.15) is 0 Å². The summed E-state index contributed by atoms with van der Waals surface area (Å²) >= 11 is 0. The Balaban J connectivity index is 0.00000180. The normalized spacial score (nSPS) is 28.8.